The smallest absolute Gasteiger partial charge is 0.263 e. The molecule has 4 rings (SSSR count). The minimum atomic E-state index is -0.220. The predicted octanol–water partition coefficient (Wildman–Crippen LogP) is 4.78. The van der Waals surface area contributed by atoms with Crippen molar-refractivity contribution in [3.05, 3.63) is 70.0 Å². The molecule has 32 heavy (non-hydrogen) atoms. The van der Waals surface area contributed by atoms with E-state index in [0.29, 0.717) is 25.5 Å². The Bertz CT molecular complexity index is 1060. The number of amides is 2. The largest absolute Gasteiger partial charge is 0.337 e. The van der Waals surface area contributed by atoms with Crippen molar-refractivity contribution in [2.45, 2.75) is 45.6 Å². The van der Waals surface area contributed by atoms with E-state index in [1.807, 2.05) is 23.6 Å². The Hall–Kier alpha value is -2.93. The molecule has 6 nitrogen and oxygen atoms in total. The molecule has 1 N–H and O–H groups in total. The molecule has 0 radical (unpaired) electrons. The van der Waals surface area contributed by atoms with Crippen LogP contribution >= 0.6 is 11.3 Å². The third kappa shape index (κ3) is 5.10. The van der Waals surface area contributed by atoms with E-state index in [1.165, 1.54) is 16.9 Å². The maximum absolute atomic E-state index is 13.0. The van der Waals surface area contributed by atoms with Crippen molar-refractivity contribution in [3.63, 3.8) is 0 Å². The first-order valence-corrected chi connectivity index (χ1v) is 11.9. The molecule has 1 saturated heterocycles. The van der Waals surface area contributed by atoms with Crippen LogP contribution in [0.2, 0.25) is 0 Å². The van der Waals surface area contributed by atoms with Crippen LogP contribution in [-0.2, 0) is 16.8 Å². The highest BCUT2D eigenvalue weighted by molar-refractivity contribution is 7.12. The number of carbonyl (C=O) groups excluding carboxylic acids is 2. The zero-order valence-electron chi connectivity index (χ0n) is 18.9. The second-order valence-corrected chi connectivity index (χ2v) is 10.3. The minimum Gasteiger partial charge on any atom is -0.337 e. The summed E-state index contributed by atoms with van der Waals surface area (Å²) < 4.78 is 1.81. The van der Waals surface area contributed by atoms with Gasteiger partial charge in [-0.05, 0) is 40.8 Å². The fourth-order valence-corrected chi connectivity index (χ4v) is 4.70. The van der Waals surface area contributed by atoms with Crippen molar-refractivity contribution >= 4 is 29.0 Å². The van der Waals surface area contributed by atoms with Gasteiger partial charge in [0.2, 0.25) is 5.91 Å². The van der Waals surface area contributed by atoms with E-state index in [9.17, 15) is 9.59 Å². The first-order valence-electron chi connectivity index (χ1n) is 11.1. The summed E-state index contributed by atoms with van der Waals surface area (Å²) in [6, 6.07) is 14.1. The minimum absolute atomic E-state index is 0.0150. The highest BCUT2D eigenvalue weighted by atomic mass is 32.1. The molecular weight excluding hydrogens is 420 g/mol. The summed E-state index contributed by atoms with van der Waals surface area (Å²) in [6.45, 7) is 8.32. The van der Waals surface area contributed by atoms with Crippen LogP contribution in [0.4, 0.5) is 5.82 Å². The van der Waals surface area contributed by atoms with Crippen LogP contribution in [0.5, 0.6) is 0 Å². The molecule has 2 amide bonds. The molecule has 1 aliphatic rings. The van der Waals surface area contributed by atoms with E-state index in [2.05, 4.69) is 55.5 Å². The molecule has 0 bridgehead atoms. The summed E-state index contributed by atoms with van der Waals surface area (Å²) >= 11 is 1.44. The first-order chi connectivity index (χ1) is 15.3. The number of hydrogen-bond donors (Lipinski definition) is 1. The number of benzene rings is 1. The molecule has 1 atom stereocenters. The van der Waals surface area contributed by atoms with Crippen LogP contribution < -0.4 is 5.32 Å². The molecule has 7 heteroatoms. The summed E-state index contributed by atoms with van der Waals surface area (Å²) in [4.78, 5) is 28.2. The topological polar surface area (TPSA) is 67.2 Å². The molecule has 0 saturated carbocycles. The maximum atomic E-state index is 13.0. The maximum Gasteiger partial charge on any atom is 0.263 e. The van der Waals surface area contributed by atoms with E-state index in [-0.39, 0.29) is 23.1 Å². The Kier molecular flexibility index (Phi) is 6.46. The van der Waals surface area contributed by atoms with Gasteiger partial charge in [-0.2, -0.15) is 5.10 Å². The van der Waals surface area contributed by atoms with Gasteiger partial charge in [0.1, 0.15) is 5.82 Å². The van der Waals surface area contributed by atoms with Crippen LogP contribution in [0.15, 0.2) is 54.0 Å². The number of thiophene rings is 1. The Balaban J connectivity index is 1.39. The third-order valence-electron chi connectivity index (χ3n) is 5.93. The van der Waals surface area contributed by atoms with Crippen molar-refractivity contribution in [1.82, 2.24) is 14.7 Å². The van der Waals surface area contributed by atoms with Crippen molar-refractivity contribution in [2.24, 2.45) is 5.92 Å². The predicted molar refractivity (Wildman–Crippen MR) is 128 cm³/mol. The van der Waals surface area contributed by atoms with E-state index >= 15 is 0 Å². The highest BCUT2D eigenvalue weighted by Crippen LogP contribution is 2.24. The molecule has 3 heterocycles. The molecular formula is C25H30N4O2S. The molecule has 1 aromatic carbocycles. The fourth-order valence-electron chi connectivity index (χ4n) is 4.01. The number of likely N-dealkylation sites (tertiary alicyclic amines) is 1. The quantitative estimate of drug-likeness (QED) is 0.608. The van der Waals surface area contributed by atoms with Crippen LogP contribution in [0, 0.1) is 5.92 Å². The van der Waals surface area contributed by atoms with Gasteiger partial charge in [-0.3, -0.25) is 9.59 Å². The van der Waals surface area contributed by atoms with Gasteiger partial charge in [-0.15, -0.1) is 11.3 Å². The lowest BCUT2D eigenvalue weighted by atomic mass is 9.87. The number of nitrogens with one attached hydrogen (secondary N) is 1. The summed E-state index contributed by atoms with van der Waals surface area (Å²) in [5.74, 6) is 0.415. The number of rotatable bonds is 5. The molecule has 1 unspecified atom stereocenters. The molecule has 0 aliphatic carbocycles. The average Bonchev–Trinajstić information content (AvgIpc) is 3.46. The van der Waals surface area contributed by atoms with Gasteiger partial charge in [0, 0.05) is 19.2 Å². The lowest BCUT2D eigenvalue weighted by Crippen LogP contribution is -2.43. The van der Waals surface area contributed by atoms with Crippen LogP contribution in [0.3, 0.4) is 0 Å². The van der Waals surface area contributed by atoms with E-state index < -0.39 is 0 Å². The Morgan fingerprint density at radius 1 is 1.16 bits per heavy atom. The van der Waals surface area contributed by atoms with Gasteiger partial charge in [0.05, 0.1) is 23.5 Å². The van der Waals surface area contributed by atoms with Gasteiger partial charge in [-0.1, -0.05) is 51.1 Å². The van der Waals surface area contributed by atoms with Crippen molar-refractivity contribution in [2.75, 3.05) is 18.4 Å². The van der Waals surface area contributed by atoms with Crippen molar-refractivity contribution in [1.29, 1.82) is 0 Å². The molecule has 3 aromatic rings. The lowest BCUT2D eigenvalue weighted by molar-refractivity contribution is -0.121. The summed E-state index contributed by atoms with van der Waals surface area (Å²) in [6.07, 6.45) is 3.31. The second-order valence-electron chi connectivity index (χ2n) is 9.38. The molecule has 1 aliphatic heterocycles. The average molecular weight is 451 g/mol. The summed E-state index contributed by atoms with van der Waals surface area (Å²) in [7, 11) is 0. The summed E-state index contributed by atoms with van der Waals surface area (Å²) in [5, 5.41) is 9.34. The normalized spacial score (nSPS) is 16.7. The number of carbonyl (C=O) groups is 2. The number of hydrogen-bond acceptors (Lipinski definition) is 4. The third-order valence-corrected chi connectivity index (χ3v) is 6.79. The zero-order valence-corrected chi connectivity index (χ0v) is 19.7. The molecule has 1 fully saturated rings. The molecule has 0 spiro atoms. The number of nitrogens with zero attached hydrogens (tertiary/aromatic N) is 3. The van der Waals surface area contributed by atoms with Gasteiger partial charge < -0.3 is 10.2 Å². The second kappa shape index (κ2) is 9.28. The van der Waals surface area contributed by atoms with Gasteiger partial charge in [0.25, 0.3) is 5.91 Å². The molecule has 168 valence electrons. The highest BCUT2D eigenvalue weighted by Gasteiger charge is 2.29. The van der Waals surface area contributed by atoms with Gasteiger partial charge >= 0.3 is 0 Å². The van der Waals surface area contributed by atoms with Crippen molar-refractivity contribution in [3.8, 4) is 0 Å². The van der Waals surface area contributed by atoms with E-state index in [4.69, 9.17) is 0 Å². The SMILES string of the molecule is CC(C)(C)c1ccc(Cn2nccc2NC(=O)C2CCCN(C(=O)c3cccs3)C2)cc1. The Morgan fingerprint density at radius 2 is 1.94 bits per heavy atom. The van der Waals surface area contributed by atoms with Crippen LogP contribution in [0.25, 0.3) is 0 Å². The first kappa shape index (κ1) is 22.3. The standard InChI is InChI=1S/C25H30N4O2S/c1-25(2,3)20-10-8-18(9-11-20)16-29-22(12-13-26-29)27-23(30)19-6-4-14-28(17-19)24(31)21-7-5-15-32-21/h5,7-13,15,19H,4,6,14,16-17H2,1-3H3,(H,27,30). The van der Waals surface area contributed by atoms with Gasteiger partial charge in [-0.25, -0.2) is 4.68 Å². The number of aromatic nitrogens is 2. The van der Waals surface area contributed by atoms with Crippen molar-refractivity contribution < 1.29 is 9.59 Å². The van der Waals surface area contributed by atoms with Crippen LogP contribution in [-0.4, -0.2) is 39.6 Å². The number of piperidine rings is 1. The lowest BCUT2D eigenvalue weighted by Gasteiger charge is -2.31. The molecule has 2 aromatic heterocycles. The number of anilines is 1. The Morgan fingerprint density at radius 3 is 2.62 bits per heavy atom. The van der Waals surface area contributed by atoms with E-state index in [0.717, 1.165) is 23.3 Å². The monoisotopic (exact) mass is 450 g/mol. The van der Waals surface area contributed by atoms with Gasteiger partial charge in [0.15, 0.2) is 0 Å². The fraction of sp³-hybridized carbons (Fsp3) is 0.400. The zero-order chi connectivity index (χ0) is 22.7. The van der Waals surface area contributed by atoms with Crippen LogP contribution in [0.1, 0.15) is 54.4 Å². The summed E-state index contributed by atoms with van der Waals surface area (Å²) in [5.41, 5.74) is 2.53. The van der Waals surface area contributed by atoms with E-state index in [1.54, 1.807) is 15.8 Å². The Labute approximate surface area is 193 Å².